The number of aliphatic hydroxyl groups excluding tert-OH is 4. The van der Waals surface area contributed by atoms with Crippen molar-refractivity contribution in [3.05, 3.63) is 0 Å². The molecule has 0 saturated carbocycles. The molecule has 0 aliphatic carbocycles. The second-order valence-corrected chi connectivity index (χ2v) is 14.6. The standard InChI is InChI=1S/C34H54N8O13/c1-17(45)25(35)32(52)42-14-6-10-24(42)31(51)40-12-4-9-23(40)29(49)38-26(18(2)46)33(53)41-13-5-8-22(41)27(47)36-19(15-43)30(50)39-11-3-7-21(39)28(48)37-20(16-44)34(54)55/h17-26,43-46H,3-16,35H2,1-2H3,(H,36,47)(H,37,48)(H,38,49)(H,54,55)/t17-,18-,19+,20+,21+,22+,23+,24+,25+,26+/m1/s1. The topological polar surface area (TPSA) is 313 Å². The molecule has 0 bridgehead atoms. The van der Waals surface area contributed by atoms with Crippen molar-refractivity contribution in [2.24, 2.45) is 5.73 Å². The van der Waals surface area contributed by atoms with Crippen LogP contribution < -0.4 is 21.7 Å². The number of likely N-dealkylation sites (tertiary alicyclic amines) is 4. The van der Waals surface area contributed by atoms with Crippen molar-refractivity contribution in [3.8, 4) is 0 Å². The highest BCUT2D eigenvalue weighted by Gasteiger charge is 2.46. The zero-order chi connectivity index (χ0) is 40.7. The van der Waals surface area contributed by atoms with Crippen LogP contribution in [-0.2, 0) is 38.4 Å². The van der Waals surface area contributed by atoms with E-state index in [2.05, 4.69) is 16.0 Å². The molecule has 55 heavy (non-hydrogen) atoms. The molecule has 10 atom stereocenters. The number of carboxylic acids is 1. The summed E-state index contributed by atoms with van der Waals surface area (Å²) in [5, 5.41) is 56.2. The molecule has 0 aromatic rings. The monoisotopic (exact) mass is 782 g/mol. The summed E-state index contributed by atoms with van der Waals surface area (Å²) < 4.78 is 0. The number of aliphatic carboxylic acids is 1. The molecule has 21 nitrogen and oxygen atoms in total. The fourth-order valence-electron chi connectivity index (χ4n) is 7.71. The number of carboxylic acid groups (broad SMARTS) is 1. The maximum absolute atomic E-state index is 13.9. The fraction of sp³-hybridized carbons (Fsp3) is 0.765. The second kappa shape index (κ2) is 18.9. The lowest BCUT2D eigenvalue weighted by molar-refractivity contribution is -0.149. The van der Waals surface area contributed by atoms with Gasteiger partial charge in [0.05, 0.1) is 25.4 Å². The summed E-state index contributed by atoms with van der Waals surface area (Å²) in [4.78, 5) is 110. The van der Waals surface area contributed by atoms with Crippen molar-refractivity contribution in [1.82, 2.24) is 35.6 Å². The van der Waals surface area contributed by atoms with Crippen LogP contribution >= 0.6 is 0 Å². The average molecular weight is 783 g/mol. The van der Waals surface area contributed by atoms with E-state index in [0.29, 0.717) is 32.1 Å². The number of amides is 7. The lowest BCUT2D eigenvalue weighted by Crippen LogP contribution is -2.61. The number of carbonyl (C=O) groups excluding carboxylic acids is 7. The van der Waals surface area contributed by atoms with Crippen molar-refractivity contribution < 1.29 is 63.9 Å². The molecule has 0 spiro atoms. The van der Waals surface area contributed by atoms with Gasteiger partial charge in [-0.05, 0) is 65.2 Å². The van der Waals surface area contributed by atoms with Gasteiger partial charge in [0.2, 0.25) is 41.4 Å². The molecule has 21 heteroatoms. The van der Waals surface area contributed by atoms with E-state index in [-0.39, 0.29) is 45.4 Å². The summed E-state index contributed by atoms with van der Waals surface area (Å²) in [6.07, 6.45) is 0.0298. The van der Waals surface area contributed by atoms with E-state index in [9.17, 15) is 63.9 Å². The molecule has 0 radical (unpaired) electrons. The molecule has 4 aliphatic rings. The third-order valence-electron chi connectivity index (χ3n) is 10.8. The number of nitrogens with one attached hydrogen (secondary N) is 3. The number of hydrogen-bond acceptors (Lipinski definition) is 13. The molecule has 4 aliphatic heterocycles. The summed E-state index contributed by atoms with van der Waals surface area (Å²) >= 11 is 0. The SMILES string of the molecule is C[C@@H](O)[C@H](N)C(=O)N1CCC[C@H]1C(=O)N1CCC[C@H]1C(=O)N[C@H](C(=O)N1CCC[C@H]1C(=O)N[C@@H](CO)C(=O)N1CCC[C@H]1C(=O)N[C@@H](CO)C(=O)O)[C@@H](C)O. The predicted molar refractivity (Wildman–Crippen MR) is 188 cm³/mol. The third-order valence-corrected chi connectivity index (χ3v) is 10.8. The average Bonchev–Trinajstić information content (AvgIpc) is 3.99. The van der Waals surface area contributed by atoms with E-state index in [1.165, 1.54) is 23.6 Å². The Morgan fingerprint density at radius 1 is 0.582 bits per heavy atom. The first-order chi connectivity index (χ1) is 26.0. The Balaban J connectivity index is 1.41. The normalized spacial score (nSPS) is 25.8. The Kier molecular flexibility index (Phi) is 14.9. The van der Waals surface area contributed by atoms with Gasteiger partial charge in [-0.3, -0.25) is 33.6 Å². The van der Waals surface area contributed by atoms with Crippen LogP contribution in [0.3, 0.4) is 0 Å². The first-order valence-corrected chi connectivity index (χ1v) is 18.7. The van der Waals surface area contributed by atoms with Crippen LogP contribution in [0.15, 0.2) is 0 Å². The van der Waals surface area contributed by atoms with Crippen LogP contribution in [0.1, 0.15) is 65.2 Å². The largest absolute Gasteiger partial charge is 0.480 e. The minimum absolute atomic E-state index is 0.0614. The van der Waals surface area contributed by atoms with Gasteiger partial charge in [0.15, 0.2) is 0 Å². The summed E-state index contributed by atoms with van der Waals surface area (Å²) in [5.41, 5.74) is 5.85. The number of hydrogen-bond donors (Lipinski definition) is 9. The van der Waals surface area contributed by atoms with Gasteiger partial charge < -0.3 is 66.8 Å². The highest BCUT2D eigenvalue weighted by molar-refractivity contribution is 5.98. The van der Waals surface area contributed by atoms with Gasteiger partial charge >= 0.3 is 5.97 Å². The molecule has 4 saturated heterocycles. The Morgan fingerprint density at radius 2 is 0.982 bits per heavy atom. The van der Waals surface area contributed by atoms with Gasteiger partial charge in [0.1, 0.15) is 48.3 Å². The molecule has 4 heterocycles. The minimum atomic E-state index is -1.60. The van der Waals surface area contributed by atoms with Crippen LogP contribution in [0.2, 0.25) is 0 Å². The van der Waals surface area contributed by atoms with Gasteiger partial charge in [-0.2, -0.15) is 0 Å². The van der Waals surface area contributed by atoms with E-state index in [0.717, 1.165) is 9.80 Å². The Hall–Kier alpha value is -4.44. The van der Waals surface area contributed by atoms with Gasteiger partial charge in [-0.15, -0.1) is 0 Å². The first kappa shape index (κ1) is 43.3. The van der Waals surface area contributed by atoms with Crippen LogP contribution in [0.5, 0.6) is 0 Å². The number of carbonyl (C=O) groups is 8. The number of rotatable bonds is 15. The number of aliphatic hydroxyl groups is 4. The quantitative estimate of drug-likeness (QED) is 0.0749. The molecular formula is C34H54N8O13. The van der Waals surface area contributed by atoms with E-state index in [1.807, 2.05) is 0 Å². The Bertz CT molecular complexity index is 1480. The molecule has 7 amide bonds. The van der Waals surface area contributed by atoms with Crippen LogP contribution in [-0.4, -0.2) is 192 Å². The Labute approximate surface area is 317 Å². The lowest BCUT2D eigenvalue weighted by atomic mass is 10.1. The third kappa shape index (κ3) is 9.69. The minimum Gasteiger partial charge on any atom is -0.480 e. The molecule has 4 rings (SSSR count). The van der Waals surface area contributed by atoms with Crippen molar-refractivity contribution >= 4 is 47.3 Å². The maximum atomic E-state index is 13.9. The first-order valence-electron chi connectivity index (χ1n) is 18.7. The van der Waals surface area contributed by atoms with Gasteiger partial charge in [0, 0.05) is 26.2 Å². The lowest BCUT2D eigenvalue weighted by Gasteiger charge is -2.34. The zero-order valence-corrected chi connectivity index (χ0v) is 31.0. The van der Waals surface area contributed by atoms with Crippen LogP contribution in [0.25, 0.3) is 0 Å². The van der Waals surface area contributed by atoms with E-state index >= 15 is 0 Å². The van der Waals surface area contributed by atoms with Gasteiger partial charge in [-0.1, -0.05) is 0 Å². The summed E-state index contributed by atoms with van der Waals surface area (Å²) in [7, 11) is 0. The highest BCUT2D eigenvalue weighted by Crippen LogP contribution is 2.27. The number of nitrogens with zero attached hydrogens (tertiary/aromatic N) is 4. The van der Waals surface area contributed by atoms with Crippen molar-refractivity contribution in [2.45, 2.75) is 126 Å². The molecule has 4 fully saturated rings. The number of nitrogens with two attached hydrogens (primary N) is 1. The smallest absolute Gasteiger partial charge is 0.328 e. The van der Waals surface area contributed by atoms with Crippen molar-refractivity contribution in [3.63, 3.8) is 0 Å². The second-order valence-electron chi connectivity index (χ2n) is 14.6. The Morgan fingerprint density at radius 3 is 1.44 bits per heavy atom. The van der Waals surface area contributed by atoms with Crippen LogP contribution in [0.4, 0.5) is 0 Å². The van der Waals surface area contributed by atoms with Gasteiger partial charge in [-0.25, -0.2) is 4.79 Å². The van der Waals surface area contributed by atoms with E-state index in [1.54, 1.807) is 0 Å². The van der Waals surface area contributed by atoms with E-state index in [4.69, 9.17) is 5.73 Å². The summed E-state index contributed by atoms with van der Waals surface area (Å²) in [6, 6.07) is -10.1. The summed E-state index contributed by atoms with van der Waals surface area (Å²) in [6.45, 7) is 1.50. The molecule has 0 aromatic carbocycles. The van der Waals surface area contributed by atoms with Crippen molar-refractivity contribution in [1.29, 1.82) is 0 Å². The molecule has 308 valence electrons. The molecule has 10 N–H and O–H groups in total. The maximum Gasteiger partial charge on any atom is 0.328 e. The van der Waals surface area contributed by atoms with E-state index < -0.39 is 121 Å². The molecular weight excluding hydrogens is 728 g/mol. The fourth-order valence-corrected chi connectivity index (χ4v) is 7.71. The molecule has 0 aromatic heterocycles. The summed E-state index contributed by atoms with van der Waals surface area (Å²) in [5.74, 6) is -6.49. The predicted octanol–water partition coefficient (Wildman–Crippen LogP) is -5.44. The molecule has 0 unspecified atom stereocenters. The highest BCUT2D eigenvalue weighted by atomic mass is 16.4. The van der Waals surface area contributed by atoms with Crippen molar-refractivity contribution in [2.75, 3.05) is 39.4 Å². The van der Waals surface area contributed by atoms with Crippen LogP contribution in [0, 0.1) is 0 Å². The zero-order valence-electron chi connectivity index (χ0n) is 31.0. The van der Waals surface area contributed by atoms with Gasteiger partial charge in [0.25, 0.3) is 0 Å².